The Morgan fingerprint density at radius 1 is 1.50 bits per heavy atom. The van der Waals surface area contributed by atoms with Gasteiger partial charge in [0.05, 0.1) is 34.9 Å². The smallest absolute Gasteiger partial charge is 0.258 e. The van der Waals surface area contributed by atoms with Gasteiger partial charge in [-0.3, -0.25) is 4.79 Å². The number of H-pyrrole nitrogens is 1. The molecule has 1 aliphatic rings. The van der Waals surface area contributed by atoms with Crippen molar-refractivity contribution in [2.24, 2.45) is 0 Å². The Morgan fingerprint density at radius 3 is 3.17 bits per heavy atom. The molecule has 1 fully saturated rings. The highest BCUT2D eigenvalue weighted by Gasteiger charge is 2.19. The molecule has 18 heavy (non-hydrogen) atoms. The van der Waals surface area contributed by atoms with Gasteiger partial charge in [-0.1, -0.05) is 0 Å². The van der Waals surface area contributed by atoms with Crippen LogP contribution in [-0.4, -0.2) is 29.3 Å². The molecule has 0 unspecified atom stereocenters. The first-order chi connectivity index (χ1) is 8.74. The first kappa shape index (κ1) is 11.7. The summed E-state index contributed by atoms with van der Waals surface area (Å²) in [4.78, 5) is 18.4. The first-order valence-electron chi connectivity index (χ1n) is 5.65. The zero-order valence-electron chi connectivity index (χ0n) is 9.48. The van der Waals surface area contributed by atoms with Crippen LogP contribution in [0.2, 0.25) is 0 Å². The van der Waals surface area contributed by atoms with Crippen molar-refractivity contribution in [1.82, 2.24) is 9.97 Å². The molecule has 1 aliphatic heterocycles. The van der Waals surface area contributed by atoms with Gasteiger partial charge < -0.3 is 14.5 Å². The molecule has 1 atom stereocenters. The molecule has 1 N–H and O–H groups in total. The van der Waals surface area contributed by atoms with E-state index in [0.717, 1.165) is 17.5 Å². The summed E-state index contributed by atoms with van der Waals surface area (Å²) in [5, 5.41) is 0.523. The summed E-state index contributed by atoms with van der Waals surface area (Å²) < 4.78 is 11.9. The Labute approximate surface area is 111 Å². The molecular weight excluding hydrogens is 300 g/mol. The third kappa shape index (κ3) is 2.13. The summed E-state index contributed by atoms with van der Waals surface area (Å²) in [7, 11) is 0. The number of hydrogen-bond acceptors (Lipinski definition) is 4. The summed E-state index contributed by atoms with van der Waals surface area (Å²) in [6.45, 7) is 1.31. The zero-order valence-corrected chi connectivity index (χ0v) is 11.1. The maximum Gasteiger partial charge on any atom is 0.258 e. The van der Waals surface area contributed by atoms with Crippen molar-refractivity contribution in [3.05, 3.63) is 33.3 Å². The second-order valence-electron chi connectivity index (χ2n) is 4.13. The molecule has 0 spiro atoms. The number of fused-ring (bicyclic) bond motifs is 1. The van der Waals surface area contributed by atoms with Gasteiger partial charge in [0, 0.05) is 6.42 Å². The molecule has 5 nitrogen and oxygen atoms in total. The van der Waals surface area contributed by atoms with E-state index in [1.807, 2.05) is 0 Å². The number of aromatic nitrogens is 2. The fraction of sp³-hybridized carbons (Fsp3) is 0.333. The van der Waals surface area contributed by atoms with Crippen LogP contribution in [0.1, 0.15) is 6.42 Å². The van der Waals surface area contributed by atoms with E-state index in [-0.39, 0.29) is 11.7 Å². The second kappa shape index (κ2) is 4.70. The topological polar surface area (TPSA) is 64.2 Å². The lowest BCUT2D eigenvalue weighted by atomic mass is 10.2. The van der Waals surface area contributed by atoms with Gasteiger partial charge in [-0.2, -0.15) is 0 Å². The average molecular weight is 311 g/mol. The molecular formula is C12H11BrN2O3. The molecule has 3 rings (SSSR count). The van der Waals surface area contributed by atoms with E-state index in [4.69, 9.17) is 9.47 Å². The summed E-state index contributed by atoms with van der Waals surface area (Å²) in [5.41, 5.74) is 0.473. The van der Waals surface area contributed by atoms with E-state index in [2.05, 4.69) is 25.9 Å². The van der Waals surface area contributed by atoms with E-state index in [1.54, 1.807) is 12.1 Å². The van der Waals surface area contributed by atoms with Gasteiger partial charge in [0.1, 0.15) is 11.9 Å². The normalized spacial score (nSPS) is 19.3. The highest BCUT2D eigenvalue weighted by Crippen LogP contribution is 2.30. The lowest BCUT2D eigenvalue weighted by Gasteiger charge is -2.13. The van der Waals surface area contributed by atoms with Gasteiger partial charge in [-0.25, -0.2) is 4.98 Å². The van der Waals surface area contributed by atoms with E-state index >= 15 is 0 Å². The van der Waals surface area contributed by atoms with E-state index in [1.165, 1.54) is 6.33 Å². The van der Waals surface area contributed by atoms with Gasteiger partial charge in [-0.15, -0.1) is 0 Å². The fourth-order valence-corrected chi connectivity index (χ4v) is 2.37. The maximum atomic E-state index is 11.7. The molecule has 0 amide bonds. The maximum absolute atomic E-state index is 11.7. The Morgan fingerprint density at radius 2 is 2.39 bits per heavy atom. The van der Waals surface area contributed by atoms with Crippen molar-refractivity contribution < 1.29 is 9.47 Å². The summed E-state index contributed by atoms with van der Waals surface area (Å²) in [6, 6.07) is 3.50. The van der Waals surface area contributed by atoms with Crippen LogP contribution in [0.15, 0.2) is 27.7 Å². The molecule has 0 aliphatic carbocycles. The number of nitrogens with zero attached hydrogens (tertiary/aromatic N) is 1. The van der Waals surface area contributed by atoms with Crippen LogP contribution in [0.4, 0.5) is 0 Å². The van der Waals surface area contributed by atoms with Gasteiger partial charge >= 0.3 is 0 Å². The number of halogens is 1. The van der Waals surface area contributed by atoms with Gasteiger partial charge in [0.15, 0.2) is 0 Å². The van der Waals surface area contributed by atoms with Crippen molar-refractivity contribution in [2.75, 3.05) is 13.2 Å². The van der Waals surface area contributed by atoms with Crippen molar-refractivity contribution in [1.29, 1.82) is 0 Å². The highest BCUT2D eigenvalue weighted by molar-refractivity contribution is 9.10. The Hall–Kier alpha value is -1.40. The minimum absolute atomic E-state index is 0.0505. The zero-order chi connectivity index (χ0) is 12.5. The van der Waals surface area contributed by atoms with Crippen molar-refractivity contribution >= 4 is 26.8 Å². The van der Waals surface area contributed by atoms with Crippen LogP contribution >= 0.6 is 15.9 Å². The van der Waals surface area contributed by atoms with Gasteiger partial charge in [0.2, 0.25) is 0 Å². The minimum Gasteiger partial charge on any atom is -0.487 e. The van der Waals surface area contributed by atoms with Crippen LogP contribution < -0.4 is 10.3 Å². The summed E-state index contributed by atoms with van der Waals surface area (Å²) >= 11 is 3.43. The molecule has 2 aromatic rings. The molecule has 0 saturated carbocycles. The van der Waals surface area contributed by atoms with Crippen LogP contribution in [0.3, 0.4) is 0 Å². The van der Waals surface area contributed by atoms with Crippen LogP contribution in [-0.2, 0) is 4.74 Å². The monoisotopic (exact) mass is 310 g/mol. The molecule has 0 bridgehead atoms. The first-order valence-corrected chi connectivity index (χ1v) is 6.44. The molecule has 0 radical (unpaired) electrons. The number of nitrogens with one attached hydrogen (secondary N) is 1. The Balaban J connectivity index is 2.03. The van der Waals surface area contributed by atoms with Gasteiger partial charge in [0.25, 0.3) is 5.56 Å². The number of aromatic amines is 1. The standard InChI is InChI=1S/C12H11BrN2O3/c13-9-4-10-8(12(16)15-6-14-10)3-11(9)18-7-1-2-17-5-7/h3-4,6-7H,1-2,5H2,(H,14,15,16)/t7-/m0/s1. The summed E-state index contributed by atoms with van der Waals surface area (Å²) in [5.74, 6) is 0.650. The van der Waals surface area contributed by atoms with E-state index in [0.29, 0.717) is 23.3 Å². The fourth-order valence-electron chi connectivity index (χ4n) is 1.95. The van der Waals surface area contributed by atoms with Crippen molar-refractivity contribution in [3.63, 3.8) is 0 Å². The third-order valence-corrected chi connectivity index (χ3v) is 3.50. The van der Waals surface area contributed by atoms with Crippen molar-refractivity contribution in [3.8, 4) is 5.75 Å². The van der Waals surface area contributed by atoms with E-state index in [9.17, 15) is 4.79 Å². The Bertz CT molecular complexity index is 635. The SMILES string of the molecule is O=c1[nH]cnc2cc(Br)c(O[C@H]3CCOC3)cc12. The Kier molecular flexibility index (Phi) is 3.05. The second-order valence-corrected chi connectivity index (χ2v) is 4.99. The molecule has 94 valence electrons. The molecule has 1 aromatic carbocycles. The molecule has 1 saturated heterocycles. The molecule has 1 aromatic heterocycles. The van der Waals surface area contributed by atoms with Crippen molar-refractivity contribution in [2.45, 2.75) is 12.5 Å². The van der Waals surface area contributed by atoms with Gasteiger partial charge in [-0.05, 0) is 28.1 Å². The molecule has 6 heteroatoms. The average Bonchev–Trinajstić information content (AvgIpc) is 2.84. The lowest BCUT2D eigenvalue weighted by Crippen LogP contribution is -2.16. The third-order valence-electron chi connectivity index (χ3n) is 2.88. The van der Waals surface area contributed by atoms with E-state index < -0.39 is 0 Å². The number of ether oxygens (including phenoxy) is 2. The number of hydrogen-bond donors (Lipinski definition) is 1. The van der Waals surface area contributed by atoms with Crippen LogP contribution in [0.5, 0.6) is 5.75 Å². The predicted octanol–water partition coefficient (Wildman–Crippen LogP) is 1.85. The lowest BCUT2D eigenvalue weighted by molar-refractivity contribution is 0.141. The predicted molar refractivity (Wildman–Crippen MR) is 69.9 cm³/mol. The molecule has 2 heterocycles. The minimum atomic E-state index is -0.167. The largest absolute Gasteiger partial charge is 0.487 e. The summed E-state index contributed by atoms with van der Waals surface area (Å²) in [6.07, 6.45) is 2.31. The number of rotatable bonds is 2. The van der Waals surface area contributed by atoms with Crippen LogP contribution in [0, 0.1) is 0 Å². The quantitative estimate of drug-likeness (QED) is 0.919. The number of benzene rings is 1. The van der Waals surface area contributed by atoms with Crippen LogP contribution in [0.25, 0.3) is 10.9 Å². The highest BCUT2D eigenvalue weighted by atomic mass is 79.9.